The van der Waals surface area contributed by atoms with Crippen LogP contribution in [0.25, 0.3) is 0 Å². The van der Waals surface area contributed by atoms with Gasteiger partial charge in [0.25, 0.3) is 0 Å². The predicted octanol–water partition coefficient (Wildman–Crippen LogP) is 3.25. The van der Waals surface area contributed by atoms with E-state index in [0.29, 0.717) is 0 Å². The van der Waals surface area contributed by atoms with Crippen LogP contribution in [0.2, 0.25) is 0 Å². The van der Waals surface area contributed by atoms with Gasteiger partial charge in [-0.2, -0.15) is 0 Å². The zero-order valence-electron chi connectivity index (χ0n) is 11.7. The monoisotopic (exact) mass is 287 g/mol. The maximum Gasteiger partial charge on any atom is 0.171 e. The molecule has 1 heterocycles. The van der Waals surface area contributed by atoms with E-state index in [-0.39, 0.29) is 5.84 Å². The minimum atomic E-state index is 0.112. The molecule has 1 aromatic heterocycles. The number of pyridine rings is 1. The molecular formula is C15H17N3OS. The highest BCUT2D eigenvalue weighted by atomic mass is 32.2. The highest BCUT2D eigenvalue weighted by Crippen LogP contribution is 2.30. The van der Waals surface area contributed by atoms with Gasteiger partial charge in [-0.15, -0.1) is 0 Å². The summed E-state index contributed by atoms with van der Waals surface area (Å²) in [4.78, 5) is 5.42. The van der Waals surface area contributed by atoms with Gasteiger partial charge in [0.15, 0.2) is 5.84 Å². The molecule has 0 radical (unpaired) electrons. The van der Waals surface area contributed by atoms with Crippen molar-refractivity contribution in [1.29, 1.82) is 0 Å². The van der Waals surface area contributed by atoms with Crippen LogP contribution in [0.1, 0.15) is 22.4 Å². The molecule has 0 spiro atoms. The Kier molecular flexibility index (Phi) is 4.29. The van der Waals surface area contributed by atoms with Crippen LogP contribution in [0.5, 0.6) is 0 Å². The first-order valence-electron chi connectivity index (χ1n) is 6.21. The fourth-order valence-electron chi connectivity index (χ4n) is 1.96. The van der Waals surface area contributed by atoms with Crippen molar-refractivity contribution in [3.8, 4) is 0 Å². The number of benzene rings is 1. The zero-order chi connectivity index (χ0) is 14.7. The Hall–Kier alpha value is -2.01. The fraction of sp³-hybridized carbons (Fsp3) is 0.200. The summed E-state index contributed by atoms with van der Waals surface area (Å²) in [6.07, 6.45) is 0. The summed E-state index contributed by atoms with van der Waals surface area (Å²) >= 11 is 1.51. The lowest BCUT2D eigenvalue weighted by Gasteiger charge is -2.09. The van der Waals surface area contributed by atoms with E-state index in [1.807, 2.05) is 51.1 Å². The van der Waals surface area contributed by atoms with Crippen LogP contribution in [0.15, 0.2) is 45.4 Å². The Morgan fingerprint density at radius 3 is 2.55 bits per heavy atom. The maximum atomic E-state index is 8.90. The van der Waals surface area contributed by atoms with E-state index in [1.165, 1.54) is 11.8 Å². The van der Waals surface area contributed by atoms with E-state index in [4.69, 9.17) is 10.9 Å². The largest absolute Gasteiger partial charge is 0.409 e. The number of aryl methyl sites for hydroxylation is 3. The van der Waals surface area contributed by atoms with Gasteiger partial charge < -0.3 is 10.9 Å². The molecule has 0 atom stereocenters. The van der Waals surface area contributed by atoms with Crippen LogP contribution in [-0.4, -0.2) is 16.0 Å². The Morgan fingerprint density at radius 2 is 1.90 bits per heavy atom. The molecule has 0 amide bonds. The van der Waals surface area contributed by atoms with Gasteiger partial charge in [0.1, 0.15) is 5.03 Å². The van der Waals surface area contributed by atoms with Gasteiger partial charge in [-0.25, -0.2) is 4.98 Å². The van der Waals surface area contributed by atoms with Crippen LogP contribution in [-0.2, 0) is 0 Å². The van der Waals surface area contributed by atoms with E-state index in [1.54, 1.807) is 0 Å². The Bertz CT molecular complexity index is 648. The Labute approximate surface area is 122 Å². The van der Waals surface area contributed by atoms with E-state index < -0.39 is 0 Å². The van der Waals surface area contributed by atoms with Crippen molar-refractivity contribution in [3.05, 3.63) is 52.7 Å². The van der Waals surface area contributed by atoms with Gasteiger partial charge in [0.2, 0.25) is 0 Å². The van der Waals surface area contributed by atoms with Crippen molar-refractivity contribution in [2.24, 2.45) is 10.9 Å². The van der Waals surface area contributed by atoms with E-state index >= 15 is 0 Å². The Balaban J connectivity index is 2.43. The van der Waals surface area contributed by atoms with Crippen LogP contribution in [0.3, 0.4) is 0 Å². The fourth-order valence-corrected chi connectivity index (χ4v) is 3.03. The summed E-state index contributed by atoms with van der Waals surface area (Å²) in [5.74, 6) is 0.112. The van der Waals surface area contributed by atoms with Crippen LogP contribution < -0.4 is 5.73 Å². The average Bonchev–Trinajstić information content (AvgIpc) is 2.38. The molecule has 0 bridgehead atoms. The molecule has 0 aliphatic carbocycles. The third-order valence-electron chi connectivity index (χ3n) is 2.81. The van der Waals surface area contributed by atoms with Gasteiger partial charge in [-0.3, -0.25) is 0 Å². The zero-order valence-corrected chi connectivity index (χ0v) is 12.5. The highest BCUT2D eigenvalue weighted by molar-refractivity contribution is 7.99. The van der Waals surface area contributed by atoms with Crippen molar-refractivity contribution in [1.82, 2.24) is 4.98 Å². The number of nitrogens with two attached hydrogens (primary N) is 1. The number of amidine groups is 1. The summed E-state index contributed by atoms with van der Waals surface area (Å²) in [5, 5.41) is 12.9. The molecule has 4 nitrogen and oxygen atoms in total. The van der Waals surface area contributed by atoms with E-state index in [0.717, 1.165) is 32.3 Å². The van der Waals surface area contributed by atoms with Crippen LogP contribution >= 0.6 is 11.8 Å². The second-order valence-corrected chi connectivity index (χ2v) is 5.77. The van der Waals surface area contributed by atoms with E-state index in [2.05, 4.69) is 10.1 Å². The number of aromatic nitrogens is 1. The number of nitrogens with zero attached hydrogens (tertiary/aromatic N) is 2. The summed E-state index contributed by atoms with van der Waals surface area (Å²) in [6, 6.07) is 9.92. The third kappa shape index (κ3) is 3.30. The second-order valence-electron chi connectivity index (χ2n) is 4.71. The average molecular weight is 287 g/mol. The summed E-state index contributed by atoms with van der Waals surface area (Å²) in [7, 11) is 0. The Morgan fingerprint density at radius 1 is 1.15 bits per heavy atom. The standard InChI is InChI=1S/C15H17N3OS/c1-9-4-5-13(12(7-9)15(16)18-19)20-14-8-10(2)6-11(3)17-14/h4-8,19H,1-3H3,(H2,16,18). The van der Waals surface area contributed by atoms with Gasteiger partial charge in [-0.05, 0) is 50.6 Å². The quantitative estimate of drug-likeness (QED) is 0.393. The lowest BCUT2D eigenvalue weighted by molar-refractivity contribution is 0.318. The first kappa shape index (κ1) is 14.4. The van der Waals surface area contributed by atoms with Gasteiger partial charge >= 0.3 is 0 Å². The summed E-state index contributed by atoms with van der Waals surface area (Å²) < 4.78 is 0. The number of oxime groups is 1. The van der Waals surface area contributed by atoms with Crippen molar-refractivity contribution in [2.45, 2.75) is 30.7 Å². The first-order chi connectivity index (χ1) is 9.49. The molecule has 3 N–H and O–H groups in total. The van der Waals surface area contributed by atoms with Gasteiger partial charge in [-0.1, -0.05) is 28.5 Å². The molecule has 0 saturated heterocycles. The molecule has 0 fully saturated rings. The molecule has 5 heteroatoms. The lowest BCUT2D eigenvalue weighted by Crippen LogP contribution is -2.14. The number of rotatable bonds is 3. The smallest absolute Gasteiger partial charge is 0.171 e. The third-order valence-corrected chi connectivity index (χ3v) is 3.80. The highest BCUT2D eigenvalue weighted by Gasteiger charge is 2.10. The molecule has 2 rings (SSSR count). The number of hydrogen-bond acceptors (Lipinski definition) is 4. The summed E-state index contributed by atoms with van der Waals surface area (Å²) in [6.45, 7) is 5.98. The first-order valence-corrected chi connectivity index (χ1v) is 7.03. The van der Waals surface area contributed by atoms with E-state index in [9.17, 15) is 0 Å². The molecule has 20 heavy (non-hydrogen) atoms. The van der Waals surface area contributed by atoms with Crippen molar-refractivity contribution >= 4 is 17.6 Å². The number of hydrogen-bond donors (Lipinski definition) is 2. The van der Waals surface area contributed by atoms with Crippen molar-refractivity contribution in [3.63, 3.8) is 0 Å². The van der Waals surface area contributed by atoms with Crippen molar-refractivity contribution < 1.29 is 5.21 Å². The van der Waals surface area contributed by atoms with Crippen LogP contribution in [0, 0.1) is 20.8 Å². The van der Waals surface area contributed by atoms with Crippen LogP contribution in [0.4, 0.5) is 0 Å². The van der Waals surface area contributed by atoms with Gasteiger partial charge in [0, 0.05) is 16.2 Å². The SMILES string of the molecule is Cc1cc(C)nc(Sc2ccc(C)cc2/C(N)=N/O)c1. The molecule has 0 aliphatic rings. The predicted molar refractivity (Wildman–Crippen MR) is 81.5 cm³/mol. The minimum absolute atomic E-state index is 0.112. The molecule has 0 saturated carbocycles. The minimum Gasteiger partial charge on any atom is -0.409 e. The van der Waals surface area contributed by atoms with Crippen molar-refractivity contribution in [2.75, 3.05) is 0 Å². The van der Waals surface area contributed by atoms with Gasteiger partial charge in [0.05, 0.1) is 0 Å². The topological polar surface area (TPSA) is 71.5 Å². The maximum absolute atomic E-state index is 8.90. The lowest BCUT2D eigenvalue weighted by atomic mass is 10.1. The molecule has 0 unspecified atom stereocenters. The molecule has 104 valence electrons. The molecule has 1 aromatic carbocycles. The summed E-state index contributed by atoms with van der Waals surface area (Å²) in [5.41, 5.74) is 9.67. The molecule has 2 aromatic rings. The second kappa shape index (κ2) is 5.96. The molecular weight excluding hydrogens is 270 g/mol. The molecule has 0 aliphatic heterocycles. The normalized spacial score (nSPS) is 11.7.